The van der Waals surface area contributed by atoms with Crippen LogP contribution < -0.4 is 10.1 Å². The zero-order valence-electron chi connectivity index (χ0n) is 11.0. The Hall–Kier alpha value is -2.07. The third-order valence-electron chi connectivity index (χ3n) is 3.04. The summed E-state index contributed by atoms with van der Waals surface area (Å²) in [4.78, 5) is 8.70. The molecule has 0 spiro atoms. The number of benzene rings is 1. The van der Waals surface area contributed by atoms with Gasteiger partial charge in [-0.2, -0.15) is 0 Å². The highest BCUT2D eigenvalue weighted by Crippen LogP contribution is 2.35. The predicted molar refractivity (Wildman–Crippen MR) is 81.1 cm³/mol. The SMILES string of the molecule is CCC1Oc2ccc(Cl)cc2N=C1Nc1cccnc1. The molecule has 0 fully saturated rings. The Morgan fingerprint density at radius 3 is 3.00 bits per heavy atom. The fraction of sp³-hybridized carbons (Fsp3) is 0.200. The van der Waals surface area contributed by atoms with E-state index in [4.69, 9.17) is 16.3 Å². The molecule has 1 aromatic carbocycles. The van der Waals surface area contributed by atoms with E-state index in [-0.39, 0.29) is 6.10 Å². The van der Waals surface area contributed by atoms with Crippen LogP contribution in [0.1, 0.15) is 13.3 Å². The fourth-order valence-corrected chi connectivity index (χ4v) is 2.22. The highest BCUT2D eigenvalue weighted by atomic mass is 35.5. The summed E-state index contributed by atoms with van der Waals surface area (Å²) in [5.74, 6) is 1.54. The van der Waals surface area contributed by atoms with Crippen LogP contribution in [0.2, 0.25) is 5.02 Å². The third-order valence-corrected chi connectivity index (χ3v) is 3.28. The molecule has 5 heteroatoms. The van der Waals surface area contributed by atoms with Crippen LogP contribution in [0.15, 0.2) is 47.7 Å². The average molecular weight is 288 g/mol. The van der Waals surface area contributed by atoms with Crippen LogP contribution in [0.5, 0.6) is 5.75 Å². The Bertz CT molecular complexity index is 643. The number of fused-ring (bicyclic) bond motifs is 1. The van der Waals surface area contributed by atoms with Gasteiger partial charge in [-0.3, -0.25) is 4.98 Å². The molecule has 0 amide bonds. The van der Waals surface area contributed by atoms with Crippen LogP contribution in [0, 0.1) is 0 Å². The number of amidine groups is 1. The first-order valence-electron chi connectivity index (χ1n) is 6.48. The Balaban J connectivity index is 1.95. The molecule has 1 aliphatic rings. The second-order valence-electron chi connectivity index (χ2n) is 4.49. The Kier molecular flexibility index (Phi) is 3.56. The fourth-order valence-electron chi connectivity index (χ4n) is 2.06. The highest BCUT2D eigenvalue weighted by Gasteiger charge is 2.23. The first-order valence-corrected chi connectivity index (χ1v) is 6.86. The summed E-state index contributed by atoms with van der Waals surface area (Å²) in [6.45, 7) is 2.06. The Morgan fingerprint density at radius 2 is 2.25 bits per heavy atom. The van der Waals surface area contributed by atoms with Crippen molar-refractivity contribution in [1.29, 1.82) is 0 Å². The zero-order chi connectivity index (χ0) is 13.9. The van der Waals surface area contributed by atoms with E-state index in [0.717, 1.165) is 29.4 Å². The van der Waals surface area contributed by atoms with Crippen molar-refractivity contribution in [3.8, 4) is 5.75 Å². The molecular formula is C15H14ClN3O. The molecular weight excluding hydrogens is 274 g/mol. The van der Waals surface area contributed by atoms with Gasteiger partial charge in [-0.1, -0.05) is 18.5 Å². The van der Waals surface area contributed by atoms with E-state index in [1.807, 2.05) is 24.3 Å². The number of pyridine rings is 1. The number of rotatable bonds is 2. The second kappa shape index (κ2) is 5.51. The summed E-state index contributed by atoms with van der Waals surface area (Å²) in [6.07, 6.45) is 4.22. The molecule has 3 rings (SSSR count). The first kappa shape index (κ1) is 12.9. The maximum atomic E-state index is 6.00. The highest BCUT2D eigenvalue weighted by molar-refractivity contribution is 6.31. The standard InChI is InChI=1S/C15H14ClN3O/c1-2-13-15(18-11-4-3-7-17-9-11)19-12-8-10(16)5-6-14(12)20-13/h3-9,13H,2H2,1H3,(H,18,19). The molecule has 1 atom stereocenters. The maximum absolute atomic E-state index is 6.00. The van der Waals surface area contributed by atoms with Crippen molar-refractivity contribution in [1.82, 2.24) is 4.98 Å². The third kappa shape index (κ3) is 2.60. The van der Waals surface area contributed by atoms with E-state index in [9.17, 15) is 0 Å². The molecule has 0 bridgehead atoms. The number of halogens is 1. The molecule has 1 N–H and O–H groups in total. The van der Waals surface area contributed by atoms with Gasteiger partial charge in [0.05, 0.1) is 11.9 Å². The van der Waals surface area contributed by atoms with E-state index in [1.165, 1.54) is 0 Å². The van der Waals surface area contributed by atoms with Crippen molar-refractivity contribution in [3.63, 3.8) is 0 Å². The molecule has 2 aromatic rings. The van der Waals surface area contributed by atoms with Gasteiger partial charge in [-0.15, -0.1) is 0 Å². The van der Waals surface area contributed by atoms with Crippen molar-refractivity contribution in [2.75, 3.05) is 5.32 Å². The van der Waals surface area contributed by atoms with Gasteiger partial charge in [-0.25, -0.2) is 4.99 Å². The average Bonchev–Trinajstić information content (AvgIpc) is 2.47. The van der Waals surface area contributed by atoms with Crippen LogP contribution in [-0.2, 0) is 0 Å². The molecule has 2 heterocycles. The lowest BCUT2D eigenvalue weighted by Gasteiger charge is -2.26. The molecule has 102 valence electrons. The van der Waals surface area contributed by atoms with Gasteiger partial charge in [0.1, 0.15) is 17.3 Å². The van der Waals surface area contributed by atoms with Crippen LogP contribution in [0.4, 0.5) is 11.4 Å². The van der Waals surface area contributed by atoms with Crippen molar-refractivity contribution >= 4 is 28.8 Å². The lowest BCUT2D eigenvalue weighted by atomic mass is 10.2. The molecule has 0 saturated carbocycles. The van der Waals surface area contributed by atoms with Gasteiger partial charge >= 0.3 is 0 Å². The maximum Gasteiger partial charge on any atom is 0.156 e. The number of ether oxygens (including phenoxy) is 1. The van der Waals surface area contributed by atoms with Crippen molar-refractivity contribution < 1.29 is 4.74 Å². The number of nitrogens with zero attached hydrogens (tertiary/aromatic N) is 2. The van der Waals surface area contributed by atoms with Gasteiger partial charge < -0.3 is 10.1 Å². The van der Waals surface area contributed by atoms with Gasteiger partial charge in [-0.05, 0) is 36.8 Å². The van der Waals surface area contributed by atoms with E-state index in [0.29, 0.717) is 5.02 Å². The summed E-state index contributed by atoms with van der Waals surface area (Å²) in [6, 6.07) is 9.27. The summed E-state index contributed by atoms with van der Waals surface area (Å²) in [5, 5.41) is 3.91. The summed E-state index contributed by atoms with van der Waals surface area (Å²) in [5.41, 5.74) is 1.63. The van der Waals surface area contributed by atoms with Gasteiger partial charge in [0, 0.05) is 11.2 Å². The molecule has 1 unspecified atom stereocenters. The van der Waals surface area contributed by atoms with E-state index >= 15 is 0 Å². The van der Waals surface area contributed by atoms with Gasteiger partial charge in [0.15, 0.2) is 6.10 Å². The molecule has 1 aromatic heterocycles. The van der Waals surface area contributed by atoms with Crippen LogP contribution in [0.3, 0.4) is 0 Å². The van der Waals surface area contributed by atoms with Crippen molar-refractivity contribution in [3.05, 3.63) is 47.7 Å². The topological polar surface area (TPSA) is 46.5 Å². The number of hydrogen-bond donors (Lipinski definition) is 1. The molecule has 0 aliphatic carbocycles. The number of hydrogen-bond acceptors (Lipinski definition) is 4. The minimum atomic E-state index is -0.0936. The lowest BCUT2D eigenvalue weighted by Crippen LogP contribution is -2.34. The summed E-state index contributed by atoms with van der Waals surface area (Å²) < 4.78 is 5.95. The Morgan fingerprint density at radius 1 is 1.35 bits per heavy atom. The monoisotopic (exact) mass is 287 g/mol. The van der Waals surface area contributed by atoms with E-state index < -0.39 is 0 Å². The van der Waals surface area contributed by atoms with Gasteiger partial charge in [0.25, 0.3) is 0 Å². The largest absolute Gasteiger partial charge is 0.480 e. The first-order chi connectivity index (χ1) is 9.76. The smallest absolute Gasteiger partial charge is 0.156 e. The number of anilines is 1. The Labute approximate surface area is 122 Å². The number of aliphatic imine (C=N–C) groups is 1. The molecule has 1 aliphatic heterocycles. The van der Waals surface area contributed by atoms with Crippen LogP contribution >= 0.6 is 11.6 Å². The summed E-state index contributed by atoms with van der Waals surface area (Å²) in [7, 11) is 0. The minimum absolute atomic E-state index is 0.0936. The lowest BCUT2D eigenvalue weighted by molar-refractivity contribution is 0.259. The van der Waals surface area contributed by atoms with Crippen molar-refractivity contribution in [2.45, 2.75) is 19.4 Å². The van der Waals surface area contributed by atoms with Crippen LogP contribution in [0.25, 0.3) is 0 Å². The molecule has 4 nitrogen and oxygen atoms in total. The number of nitrogens with one attached hydrogen (secondary N) is 1. The van der Waals surface area contributed by atoms with Crippen LogP contribution in [-0.4, -0.2) is 16.9 Å². The summed E-state index contributed by atoms with van der Waals surface area (Å²) >= 11 is 6.00. The molecule has 0 saturated heterocycles. The molecule has 20 heavy (non-hydrogen) atoms. The van der Waals surface area contributed by atoms with E-state index in [1.54, 1.807) is 18.5 Å². The minimum Gasteiger partial charge on any atom is -0.480 e. The second-order valence-corrected chi connectivity index (χ2v) is 4.93. The van der Waals surface area contributed by atoms with E-state index in [2.05, 4.69) is 22.2 Å². The molecule has 0 radical (unpaired) electrons. The normalized spacial score (nSPS) is 16.9. The van der Waals surface area contributed by atoms with Gasteiger partial charge in [0.2, 0.25) is 0 Å². The number of aromatic nitrogens is 1. The quantitative estimate of drug-likeness (QED) is 0.906. The zero-order valence-corrected chi connectivity index (χ0v) is 11.8. The van der Waals surface area contributed by atoms with Crippen molar-refractivity contribution in [2.24, 2.45) is 4.99 Å². The predicted octanol–water partition coefficient (Wildman–Crippen LogP) is 4.05.